The van der Waals surface area contributed by atoms with Gasteiger partial charge < -0.3 is 5.11 Å². The number of carbonyl (C=O) groups is 1. The Morgan fingerprint density at radius 3 is 2.56 bits per heavy atom. The molecule has 1 fully saturated rings. The van der Waals surface area contributed by atoms with Gasteiger partial charge in [-0.3, -0.25) is 4.79 Å². The van der Waals surface area contributed by atoms with Gasteiger partial charge in [-0.15, -0.1) is 0 Å². The lowest BCUT2D eigenvalue weighted by atomic mass is 10.4. The first-order valence-electron chi connectivity index (χ1n) is 5.67. The Labute approximate surface area is 105 Å². The molecule has 18 heavy (non-hydrogen) atoms. The van der Waals surface area contributed by atoms with Gasteiger partial charge in [0, 0.05) is 26.2 Å². The van der Waals surface area contributed by atoms with E-state index in [0.717, 1.165) is 16.8 Å². The molecule has 0 unspecified atom stereocenters. The SMILES string of the molecule is CC(=O)c1nc(CO)cn1S(=O)(=O)N1CCCC1. The van der Waals surface area contributed by atoms with Gasteiger partial charge >= 0.3 is 10.2 Å². The van der Waals surface area contributed by atoms with E-state index in [2.05, 4.69) is 4.98 Å². The van der Waals surface area contributed by atoms with Crippen LogP contribution in [0.3, 0.4) is 0 Å². The van der Waals surface area contributed by atoms with Crippen molar-refractivity contribution in [1.82, 2.24) is 13.3 Å². The Morgan fingerprint density at radius 1 is 1.44 bits per heavy atom. The molecule has 100 valence electrons. The molecule has 0 aliphatic carbocycles. The summed E-state index contributed by atoms with van der Waals surface area (Å²) in [7, 11) is -3.75. The Balaban J connectivity index is 2.48. The highest BCUT2D eigenvalue weighted by molar-refractivity contribution is 7.87. The summed E-state index contributed by atoms with van der Waals surface area (Å²) in [5.74, 6) is -0.608. The second kappa shape index (κ2) is 4.79. The number of Topliss-reactive ketones (excluding diaryl/α,β-unsaturated/α-hetero) is 1. The fourth-order valence-electron chi connectivity index (χ4n) is 1.94. The number of nitrogens with zero attached hydrogens (tertiary/aromatic N) is 3. The summed E-state index contributed by atoms with van der Waals surface area (Å²) in [5, 5.41) is 8.99. The summed E-state index contributed by atoms with van der Waals surface area (Å²) in [6.45, 7) is 1.75. The van der Waals surface area contributed by atoms with Crippen LogP contribution in [0.25, 0.3) is 0 Å². The minimum atomic E-state index is -3.75. The first-order chi connectivity index (χ1) is 8.46. The highest BCUT2D eigenvalue weighted by Gasteiger charge is 2.30. The van der Waals surface area contributed by atoms with Gasteiger partial charge in [0.25, 0.3) is 0 Å². The first-order valence-corrected chi connectivity index (χ1v) is 7.07. The molecule has 0 bridgehead atoms. The summed E-state index contributed by atoms with van der Waals surface area (Å²) in [5.41, 5.74) is 0.169. The summed E-state index contributed by atoms with van der Waals surface area (Å²) in [6.07, 6.45) is 2.83. The number of ketones is 1. The second-order valence-corrected chi connectivity index (χ2v) is 5.99. The zero-order chi connectivity index (χ0) is 13.3. The van der Waals surface area contributed by atoms with Crippen LogP contribution < -0.4 is 0 Å². The average Bonchev–Trinajstić information content (AvgIpc) is 2.98. The molecule has 0 spiro atoms. The van der Waals surface area contributed by atoms with E-state index in [1.165, 1.54) is 17.4 Å². The van der Waals surface area contributed by atoms with Gasteiger partial charge in [-0.1, -0.05) is 0 Å². The third-order valence-corrected chi connectivity index (χ3v) is 4.63. The minimum absolute atomic E-state index is 0.161. The van der Waals surface area contributed by atoms with Crippen molar-refractivity contribution in [3.63, 3.8) is 0 Å². The Hall–Kier alpha value is -1.25. The number of imidazole rings is 1. The zero-order valence-electron chi connectivity index (χ0n) is 10.0. The van der Waals surface area contributed by atoms with E-state index in [-0.39, 0.29) is 11.5 Å². The lowest BCUT2D eigenvalue weighted by Crippen LogP contribution is -2.34. The molecule has 2 rings (SSSR count). The predicted octanol–water partition coefficient (Wildman–Crippen LogP) is -0.233. The monoisotopic (exact) mass is 273 g/mol. The Morgan fingerprint density at radius 2 is 2.06 bits per heavy atom. The molecule has 2 heterocycles. The van der Waals surface area contributed by atoms with E-state index in [0.29, 0.717) is 13.1 Å². The topological polar surface area (TPSA) is 92.5 Å². The number of aliphatic hydroxyl groups excluding tert-OH is 1. The lowest BCUT2D eigenvalue weighted by molar-refractivity contribution is 0.100. The van der Waals surface area contributed by atoms with Gasteiger partial charge in [-0.25, -0.2) is 8.96 Å². The summed E-state index contributed by atoms with van der Waals surface area (Å²) >= 11 is 0. The van der Waals surface area contributed by atoms with Gasteiger partial charge in [0.05, 0.1) is 12.3 Å². The maximum atomic E-state index is 12.3. The van der Waals surface area contributed by atoms with Gasteiger partial charge in [-0.05, 0) is 12.8 Å². The zero-order valence-corrected chi connectivity index (χ0v) is 10.9. The molecule has 0 amide bonds. The van der Waals surface area contributed by atoms with Crippen molar-refractivity contribution in [2.45, 2.75) is 26.4 Å². The number of hydrogen-bond donors (Lipinski definition) is 1. The summed E-state index contributed by atoms with van der Waals surface area (Å²) < 4.78 is 26.8. The third kappa shape index (κ3) is 2.18. The van der Waals surface area contributed by atoms with E-state index in [4.69, 9.17) is 5.11 Å². The first kappa shape index (κ1) is 13.2. The van der Waals surface area contributed by atoms with E-state index in [1.54, 1.807) is 0 Å². The predicted molar refractivity (Wildman–Crippen MR) is 63.3 cm³/mol. The van der Waals surface area contributed by atoms with Crippen LogP contribution in [0, 0.1) is 0 Å². The molecule has 0 radical (unpaired) electrons. The molecule has 1 aliphatic rings. The number of aliphatic hydroxyl groups is 1. The van der Waals surface area contributed by atoms with E-state index in [1.807, 2.05) is 0 Å². The molecule has 7 nitrogen and oxygen atoms in total. The van der Waals surface area contributed by atoms with Crippen molar-refractivity contribution in [1.29, 1.82) is 0 Å². The van der Waals surface area contributed by atoms with Gasteiger partial charge in [0.2, 0.25) is 0 Å². The summed E-state index contributed by atoms with van der Waals surface area (Å²) in [4.78, 5) is 15.2. The molecule has 1 aliphatic heterocycles. The minimum Gasteiger partial charge on any atom is -0.390 e. The Bertz CT molecular complexity index is 558. The third-order valence-electron chi connectivity index (χ3n) is 2.84. The molecule has 1 aromatic heterocycles. The van der Waals surface area contributed by atoms with Crippen molar-refractivity contribution >= 4 is 16.0 Å². The van der Waals surface area contributed by atoms with Gasteiger partial charge in [0.1, 0.15) is 0 Å². The van der Waals surface area contributed by atoms with Crippen molar-refractivity contribution < 1.29 is 18.3 Å². The maximum Gasteiger partial charge on any atom is 0.309 e. The van der Waals surface area contributed by atoms with Gasteiger partial charge in [0.15, 0.2) is 11.6 Å². The van der Waals surface area contributed by atoms with Crippen LogP contribution in [-0.4, -0.2) is 45.7 Å². The molecule has 0 atom stereocenters. The molecule has 0 saturated carbocycles. The maximum absolute atomic E-state index is 12.3. The molecule has 1 N–H and O–H groups in total. The molecule has 0 aromatic carbocycles. The van der Waals surface area contributed by atoms with Crippen molar-refractivity contribution in [3.8, 4) is 0 Å². The van der Waals surface area contributed by atoms with Crippen molar-refractivity contribution in [3.05, 3.63) is 17.7 Å². The fourth-order valence-corrected chi connectivity index (χ4v) is 3.55. The Kier molecular flexibility index (Phi) is 3.51. The van der Waals surface area contributed by atoms with E-state index < -0.39 is 22.6 Å². The quantitative estimate of drug-likeness (QED) is 0.765. The largest absolute Gasteiger partial charge is 0.390 e. The van der Waals surface area contributed by atoms with Gasteiger partial charge in [-0.2, -0.15) is 12.7 Å². The van der Waals surface area contributed by atoms with Crippen molar-refractivity contribution in [2.24, 2.45) is 0 Å². The molecule has 1 saturated heterocycles. The highest BCUT2D eigenvalue weighted by atomic mass is 32.2. The van der Waals surface area contributed by atoms with Crippen LogP contribution in [0.2, 0.25) is 0 Å². The summed E-state index contributed by atoms with van der Waals surface area (Å²) in [6, 6.07) is 0. The number of hydrogen-bond acceptors (Lipinski definition) is 5. The van der Waals surface area contributed by atoms with Crippen LogP contribution in [0.5, 0.6) is 0 Å². The second-order valence-electron chi connectivity index (χ2n) is 4.18. The highest BCUT2D eigenvalue weighted by Crippen LogP contribution is 2.17. The van der Waals surface area contributed by atoms with Crippen LogP contribution in [0.15, 0.2) is 6.20 Å². The van der Waals surface area contributed by atoms with Crippen LogP contribution in [-0.2, 0) is 16.8 Å². The van der Waals surface area contributed by atoms with Crippen LogP contribution in [0.1, 0.15) is 36.1 Å². The smallest absolute Gasteiger partial charge is 0.309 e. The number of carbonyl (C=O) groups excluding carboxylic acids is 1. The van der Waals surface area contributed by atoms with E-state index in [9.17, 15) is 13.2 Å². The fraction of sp³-hybridized carbons (Fsp3) is 0.600. The lowest BCUT2D eigenvalue weighted by Gasteiger charge is -2.16. The molecule has 8 heteroatoms. The van der Waals surface area contributed by atoms with E-state index >= 15 is 0 Å². The van der Waals surface area contributed by atoms with Crippen molar-refractivity contribution in [2.75, 3.05) is 13.1 Å². The van der Waals surface area contributed by atoms with Crippen LogP contribution in [0.4, 0.5) is 0 Å². The van der Waals surface area contributed by atoms with Crippen LogP contribution >= 0.6 is 0 Å². The molecular formula is C10H15N3O4S. The number of aromatic nitrogens is 2. The normalized spacial score (nSPS) is 17.2. The average molecular weight is 273 g/mol. The molecule has 1 aromatic rings. The molecular weight excluding hydrogens is 258 g/mol. The standard InChI is InChI=1S/C10H15N3O4S/c1-8(15)10-11-9(7-14)6-13(10)18(16,17)12-4-2-3-5-12/h6,14H,2-5,7H2,1H3. The number of rotatable bonds is 4.